The molecule has 2 fully saturated rings. The lowest BCUT2D eigenvalue weighted by molar-refractivity contribution is -0.158. The lowest BCUT2D eigenvalue weighted by atomic mass is 9.70. The molecule has 0 aromatic carbocycles. The number of carbonyl (C=O) groups is 1. The number of hydrogen-bond acceptors (Lipinski definition) is 3. The van der Waals surface area contributed by atoms with E-state index < -0.39 is 12.1 Å². The molecule has 0 saturated heterocycles. The first-order valence-electron chi connectivity index (χ1n) is 7.29. The summed E-state index contributed by atoms with van der Waals surface area (Å²) in [4.78, 5) is 11.1. The van der Waals surface area contributed by atoms with E-state index in [9.17, 15) is 4.79 Å². The van der Waals surface area contributed by atoms with Crippen molar-refractivity contribution in [3.05, 3.63) is 0 Å². The van der Waals surface area contributed by atoms with E-state index in [1.54, 1.807) is 6.92 Å². The molecule has 2 aliphatic carbocycles. The van der Waals surface area contributed by atoms with Gasteiger partial charge in [-0.25, -0.2) is 4.79 Å². The fourth-order valence-electron chi connectivity index (χ4n) is 3.98. The van der Waals surface area contributed by atoms with Crippen molar-refractivity contribution in [2.24, 2.45) is 16.7 Å². The van der Waals surface area contributed by atoms with E-state index in [1.165, 1.54) is 12.8 Å². The Morgan fingerprint density at radius 3 is 2.53 bits per heavy atom. The van der Waals surface area contributed by atoms with E-state index in [0.717, 1.165) is 6.42 Å². The quantitative estimate of drug-likeness (QED) is 0.806. The molecule has 2 rings (SSSR count). The molecule has 2 aliphatic rings. The third-order valence-corrected chi connectivity index (χ3v) is 5.81. The highest BCUT2D eigenvalue weighted by molar-refractivity contribution is 5.72. The molecule has 0 radical (unpaired) electrons. The van der Waals surface area contributed by atoms with Crippen LogP contribution in [0.15, 0.2) is 0 Å². The van der Waals surface area contributed by atoms with Gasteiger partial charge in [0, 0.05) is 6.61 Å². The van der Waals surface area contributed by atoms with Crippen molar-refractivity contribution >= 4 is 5.97 Å². The predicted molar refractivity (Wildman–Crippen MR) is 72.0 cm³/mol. The summed E-state index contributed by atoms with van der Waals surface area (Å²) in [5.74, 6) is -0.229. The normalized spacial score (nSPS) is 37.5. The van der Waals surface area contributed by atoms with Crippen LogP contribution in [0.4, 0.5) is 0 Å². The van der Waals surface area contributed by atoms with Crippen molar-refractivity contribution in [3.63, 3.8) is 0 Å². The van der Waals surface area contributed by atoms with Crippen molar-refractivity contribution in [2.75, 3.05) is 13.2 Å². The predicted octanol–water partition coefficient (Wildman–Crippen LogP) is 2.71. The van der Waals surface area contributed by atoms with Gasteiger partial charge in [-0.15, -0.1) is 0 Å². The Labute approximate surface area is 115 Å². The van der Waals surface area contributed by atoms with Crippen molar-refractivity contribution in [1.82, 2.24) is 0 Å². The molecule has 4 nitrogen and oxygen atoms in total. The molecule has 2 bridgehead atoms. The maximum absolute atomic E-state index is 11.1. The second-order valence-corrected chi connectivity index (χ2v) is 6.71. The Balaban J connectivity index is 1.96. The van der Waals surface area contributed by atoms with Crippen LogP contribution in [0.3, 0.4) is 0 Å². The molecule has 4 heteroatoms. The van der Waals surface area contributed by atoms with Crippen molar-refractivity contribution in [3.8, 4) is 0 Å². The second kappa shape index (κ2) is 5.06. The molecule has 0 aromatic heterocycles. The smallest absolute Gasteiger partial charge is 0.335 e. The molecule has 0 amide bonds. The molecule has 2 saturated carbocycles. The van der Waals surface area contributed by atoms with Gasteiger partial charge in [-0.1, -0.05) is 20.8 Å². The first kappa shape index (κ1) is 14.8. The molecule has 4 atom stereocenters. The molecule has 0 heterocycles. The van der Waals surface area contributed by atoms with Crippen molar-refractivity contribution < 1.29 is 19.4 Å². The number of aliphatic carboxylic acids is 1. The molecule has 19 heavy (non-hydrogen) atoms. The molecule has 4 unspecified atom stereocenters. The lowest BCUT2D eigenvalue weighted by Crippen LogP contribution is -2.40. The summed E-state index contributed by atoms with van der Waals surface area (Å²) in [6.07, 6.45) is 2.85. The Bertz CT molecular complexity index is 352. The number of fused-ring (bicyclic) bond motifs is 2. The zero-order valence-electron chi connectivity index (χ0n) is 12.4. The van der Waals surface area contributed by atoms with Gasteiger partial charge in [0.15, 0.2) is 6.10 Å². The summed E-state index contributed by atoms with van der Waals surface area (Å²) < 4.78 is 11.1. The van der Waals surface area contributed by atoms with Crippen LogP contribution in [0.1, 0.15) is 47.0 Å². The molecular weight excluding hydrogens is 244 g/mol. The minimum Gasteiger partial charge on any atom is -0.479 e. The highest BCUT2D eigenvalue weighted by atomic mass is 16.6. The summed E-state index contributed by atoms with van der Waals surface area (Å²) in [7, 11) is 0. The fraction of sp³-hybridized carbons (Fsp3) is 0.933. The Morgan fingerprint density at radius 1 is 1.42 bits per heavy atom. The molecule has 0 aromatic rings. The number of hydrogen-bond donors (Lipinski definition) is 1. The zero-order chi connectivity index (χ0) is 14.3. The first-order chi connectivity index (χ1) is 8.83. The highest BCUT2D eigenvalue weighted by Gasteiger charge is 2.61. The fourth-order valence-corrected chi connectivity index (χ4v) is 3.98. The summed E-state index contributed by atoms with van der Waals surface area (Å²) in [6.45, 7) is 9.30. The summed E-state index contributed by atoms with van der Waals surface area (Å²) in [5, 5.41) is 9.07. The minimum atomic E-state index is -0.936. The zero-order valence-corrected chi connectivity index (χ0v) is 12.4. The van der Waals surface area contributed by atoms with Crippen LogP contribution >= 0.6 is 0 Å². The third kappa shape index (κ3) is 2.29. The van der Waals surface area contributed by atoms with E-state index in [-0.39, 0.29) is 18.1 Å². The summed E-state index contributed by atoms with van der Waals surface area (Å²) in [5.41, 5.74) is 0.467. The molecule has 1 N–H and O–H groups in total. The number of carboxylic acids is 1. The number of carboxylic acid groups (broad SMARTS) is 1. The maximum Gasteiger partial charge on any atom is 0.335 e. The SMILES string of the molecule is CCOC(COC1CC2CCC1(C)C2(C)C)C(=O)O. The van der Waals surface area contributed by atoms with Crippen LogP contribution in [0.25, 0.3) is 0 Å². The molecular formula is C15H26O4. The first-order valence-corrected chi connectivity index (χ1v) is 7.29. The van der Waals surface area contributed by atoms with E-state index in [4.69, 9.17) is 14.6 Å². The van der Waals surface area contributed by atoms with Gasteiger partial charge in [0.05, 0.1) is 12.7 Å². The van der Waals surface area contributed by atoms with Gasteiger partial charge in [0.25, 0.3) is 0 Å². The Hall–Kier alpha value is -0.610. The summed E-state index contributed by atoms with van der Waals surface area (Å²) >= 11 is 0. The number of rotatable bonds is 6. The Kier molecular flexibility index (Phi) is 3.94. The topological polar surface area (TPSA) is 55.8 Å². The van der Waals surface area contributed by atoms with Gasteiger partial charge >= 0.3 is 5.97 Å². The lowest BCUT2D eigenvalue weighted by Gasteiger charge is -2.39. The van der Waals surface area contributed by atoms with Crippen LogP contribution in [0.5, 0.6) is 0 Å². The van der Waals surface area contributed by atoms with E-state index in [1.807, 2.05) is 0 Å². The summed E-state index contributed by atoms with van der Waals surface area (Å²) in [6, 6.07) is 0. The molecule has 0 aliphatic heterocycles. The van der Waals surface area contributed by atoms with Crippen LogP contribution in [-0.4, -0.2) is 36.5 Å². The van der Waals surface area contributed by atoms with Gasteiger partial charge in [-0.3, -0.25) is 0 Å². The van der Waals surface area contributed by atoms with Crippen molar-refractivity contribution in [2.45, 2.75) is 59.2 Å². The van der Waals surface area contributed by atoms with Crippen LogP contribution < -0.4 is 0 Å². The van der Waals surface area contributed by atoms with Crippen molar-refractivity contribution in [1.29, 1.82) is 0 Å². The van der Waals surface area contributed by atoms with E-state index in [2.05, 4.69) is 20.8 Å². The monoisotopic (exact) mass is 270 g/mol. The number of ether oxygens (including phenoxy) is 2. The average molecular weight is 270 g/mol. The Morgan fingerprint density at radius 2 is 2.11 bits per heavy atom. The van der Waals surface area contributed by atoms with E-state index >= 15 is 0 Å². The van der Waals surface area contributed by atoms with Crippen LogP contribution in [0, 0.1) is 16.7 Å². The maximum atomic E-state index is 11.1. The van der Waals surface area contributed by atoms with Crippen LogP contribution in [0.2, 0.25) is 0 Å². The van der Waals surface area contributed by atoms with Gasteiger partial charge < -0.3 is 14.6 Å². The second-order valence-electron chi connectivity index (χ2n) is 6.71. The highest BCUT2D eigenvalue weighted by Crippen LogP contribution is 2.66. The van der Waals surface area contributed by atoms with E-state index in [0.29, 0.717) is 17.9 Å². The molecule has 0 spiro atoms. The largest absolute Gasteiger partial charge is 0.479 e. The van der Waals surface area contributed by atoms with Gasteiger partial charge in [-0.2, -0.15) is 0 Å². The molecule has 110 valence electrons. The standard InChI is InChI=1S/C15H26O4/c1-5-18-11(13(16)17)9-19-12-8-10-6-7-15(12,4)14(10,2)3/h10-12H,5-9H2,1-4H3,(H,16,17). The minimum absolute atomic E-state index is 0.159. The third-order valence-electron chi connectivity index (χ3n) is 5.81. The van der Waals surface area contributed by atoms with Gasteiger partial charge in [0.1, 0.15) is 0 Å². The average Bonchev–Trinajstić information content (AvgIpc) is 2.66. The van der Waals surface area contributed by atoms with Gasteiger partial charge in [-0.05, 0) is 42.9 Å². The van der Waals surface area contributed by atoms with Crippen LogP contribution in [-0.2, 0) is 14.3 Å². The van der Waals surface area contributed by atoms with Gasteiger partial charge in [0.2, 0.25) is 0 Å².